The molecule has 4 rings (SSSR count). The molecule has 2 fully saturated rings. The third-order valence-corrected chi connectivity index (χ3v) is 8.73. The van der Waals surface area contributed by atoms with Crippen LogP contribution in [-0.4, -0.2) is 68.2 Å². The first kappa shape index (κ1) is 24.0. The maximum atomic E-state index is 13.8. The molecule has 2 aliphatic heterocycles. The van der Waals surface area contributed by atoms with Gasteiger partial charge in [0.15, 0.2) is 5.78 Å². The van der Waals surface area contributed by atoms with Crippen LogP contribution in [0.4, 0.5) is 10.1 Å². The normalized spacial score (nSPS) is 18.2. The number of nitrogens with two attached hydrogens (primary N) is 1. The molecule has 0 unspecified atom stereocenters. The van der Waals surface area contributed by atoms with Crippen molar-refractivity contribution in [3.05, 3.63) is 58.6 Å². The van der Waals surface area contributed by atoms with Crippen molar-refractivity contribution in [2.45, 2.75) is 30.7 Å². The molecule has 0 amide bonds. The van der Waals surface area contributed by atoms with E-state index >= 15 is 0 Å². The molecule has 2 aliphatic rings. The number of hydrogen-bond donors (Lipinski definition) is 1. The molecule has 3 heterocycles. The van der Waals surface area contributed by atoms with Crippen LogP contribution in [0.5, 0.6) is 0 Å². The number of anilines is 1. The third kappa shape index (κ3) is 5.20. The van der Waals surface area contributed by atoms with Crippen molar-refractivity contribution in [2.24, 2.45) is 5.73 Å². The smallest absolute Gasteiger partial charge is 0.238 e. The molecule has 0 saturated carbocycles. The topological polar surface area (TPSA) is 106 Å². The summed E-state index contributed by atoms with van der Waals surface area (Å²) in [4.78, 5) is 18.3. The average molecular weight is 497 g/mol. The number of benzene rings is 1. The van der Waals surface area contributed by atoms with Crippen molar-refractivity contribution in [2.75, 3.05) is 37.2 Å². The second-order valence-electron chi connectivity index (χ2n) is 8.24. The minimum Gasteiger partial charge on any atom is -0.378 e. The zero-order valence-corrected chi connectivity index (χ0v) is 19.6. The number of carbonyl (C=O) groups is 1. The molecule has 0 bridgehead atoms. The van der Waals surface area contributed by atoms with Crippen LogP contribution in [0.1, 0.15) is 28.9 Å². The van der Waals surface area contributed by atoms with Gasteiger partial charge >= 0.3 is 0 Å². The highest BCUT2D eigenvalue weighted by Crippen LogP contribution is 2.31. The largest absolute Gasteiger partial charge is 0.378 e. The van der Waals surface area contributed by atoms with Crippen molar-refractivity contribution in [1.29, 1.82) is 0 Å². The maximum Gasteiger partial charge on any atom is 0.238 e. The van der Waals surface area contributed by atoms with Crippen molar-refractivity contribution >= 4 is 33.1 Å². The monoisotopic (exact) mass is 496 g/mol. The van der Waals surface area contributed by atoms with E-state index in [-0.39, 0.29) is 29.6 Å². The van der Waals surface area contributed by atoms with Crippen molar-refractivity contribution in [3.63, 3.8) is 0 Å². The molecule has 2 N–H and O–H groups in total. The zero-order chi connectivity index (χ0) is 23.6. The Bertz CT molecular complexity index is 1100. The number of hydrogen-bond acceptors (Lipinski definition) is 7. The fourth-order valence-electron chi connectivity index (χ4n) is 4.07. The van der Waals surface area contributed by atoms with E-state index in [1.165, 1.54) is 22.6 Å². The number of pyridine rings is 1. The van der Waals surface area contributed by atoms with Gasteiger partial charge < -0.3 is 10.5 Å². The molecule has 1 aromatic carbocycles. The van der Waals surface area contributed by atoms with Crippen LogP contribution >= 0.6 is 11.6 Å². The van der Waals surface area contributed by atoms with E-state index in [0.717, 1.165) is 6.07 Å². The fraction of sp³-hybridized carbons (Fsp3) is 0.455. The highest BCUT2D eigenvalue weighted by Gasteiger charge is 2.38. The average Bonchev–Trinajstić information content (AvgIpc) is 2.78. The van der Waals surface area contributed by atoms with E-state index in [1.807, 2.05) is 0 Å². The Morgan fingerprint density at radius 2 is 1.97 bits per heavy atom. The lowest BCUT2D eigenvalue weighted by atomic mass is 10.1. The number of nitrogens with zero attached hydrogens (tertiary/aromatic N) is 3. The van der Waals surface area contributed by atoms with Crippen molar-refractivity contribution in [1.82, 2.24) is 9.88 Å². The standard InChI is InChI=1S/C22H26ClFN4O4S/c23-20-9-17(3-4-21(20)24)28(12-16-2-1-15(11-26-16)22(29)10-25)33(30,31)19-5-7-27(8-6-19)18-13-32-14-18/h1-4,9,11,18-19H,5-8,10,12-14,25H2. The summed E-state index contributed by atoms with van der Waals surface area (Å²) in [5.74, 6) is -0.885. The predicted octanol–water partition coefficient (Wildman–Crippen LogP) is 2.22. The number of ether oxygens (including phenoxy) is 1. The molecule has 0 atom stereocenters. The van der Waals surface area contributed by atoms with E-state index in [4.69, 9.17) is 22.1 Å². The minimum atomic E-state index is -3.81. The zero-order valence-electron chi connectivity index (χ0n) is 18.0. The first-order chi connectivity index (χ1) is 15.8. The Kier molecular flexibility index (Phi) is 7.30. The highest BCUT2D eigenvalue weighted by atomic mass is 35.5. The van der Waals surface area contributed by atoms with E-state index in [9.17, 15) is 17.6 Å². The van der Waals surface area contributed by atoms with Gasteiger partial charge in [0.25, 0.3) is 0 Å². The summed E-state index contributed by atoms with van der Waals surface area (Å²) in [5, 5.41) is -0.749. The third-order valence-electron chi connectivity index (χ3n) is 6.17. The first-order valence-electron chi connectivity index (χ1n) is 10.8. The van der Waals surface area contributed by atoms with Gasteiger partial charge in [-0.25, -0.2) is 12.8 Å². The lowest BCUT2D eigenvalue weighted by Crippen LogP contribution is -2.54. The van der Waals surface area contributed by atoms with Gasteiger partial charge in [0.1, 0.15) is 5.82 Å². The van der Waals surface area contributed by atoms with Crippen LogP contribution in [0.3, 0.4) is 0 Å². The number of Topliss-reactive ketones (excluding diaryl/α,β-unsaturated/α-hetero) is 1. The number of piperidine rings is 1. The Labute approximate surface area is 197 Å². The summed E-state index contributed by atoms with van der Waals surface area (Å²) in [6, 6.07) is 7.37. The van der Waals surface area contributed by atoms with Crippen LogP contribution in [0.25, 0.3) is 0 Å². The fourth-order valence-corrected chi connectivity index (χ4v) is 6.13. The molecule has 2 saturated heterocycles. The van der Waals surface area contributed by atoms with Gasteiger partial charge in [-0.1, -0.05) is 11.6 Å². The lowest BCUT2D eigenvalue weighted by molar-refractivity contribution is -0.0695. The quantitative estimate of drug-likeness (QED) is 0.558. The van der Waals surface area contributed by atoms with Gasteiger partial charge in [-0.3, -0.25) is 19.0 Å². The molecule has 0 radical (unpaired) electrons. The number of aromatic nitrogens is 1. The van der Waals surface area contributed by atoms with Crippen LogP contribution in [0.2, 0.25) is 5.02 Å². The van der Waals surface area contributed by atoms with Crippen LogP contribution < -0.4 is 10.0 Å². The summed E-state index contributed by atoms with van der Waals surface area (Å²) >= 11 is 5.96. The highest BCUT2D eigenvalue weighted by molar-refractivity contribution is 7.93. The van der Waals surface area contributed by atoms with Gasteiger partial charge in [0.05, 0.1) is 54.0 Å². The van der Waals surface area contributed by atoms with E-state index < -0.39 is 21.1 Å². The molecular formula is C22H26ClFN4O4S. The molecule has 2 aromatic rings. The summed E-state index contributed by atoms with van der Waals surface area (Å²) < 4.78 is 47.7. The van der Waals surface area contributed by atoms with Gasteiger partial charge in [-0.05, 0) is 56.3 Å². The maximum absolute atomic E-state index is 13.8. The predicted molar refractivity (Wildman–Crippen MR) is 123 cm³/mol. The number of ketones is 1. The number of rotatable bonds is 8. The SMILES string of the molecule is NCC(=O)c1ccc(CN(c2ccc(F)c(Cl)c2)S(=O)(=O)C2CCN(C3COC3)CC2)nc1. The summed E-state index contributed by atoms with van der Waals surface area (Å²) in [5.41, 5.74) is 6.45. The van der Waals surface area contributed by atoms with Gasteiger partial charge in [-0.2, -0.15) is 0 Å². The second-order valence-corrected chi connectivity index (χ2v) is 10.8. The van der Waals surface area contributed by atoms with Crippen LogP contribution in [-0.2, 0) is 21.3 Å². The van der Waals surface area contributed by atoms with E-state index in [0.29, 0.717) is 56.4 Å². The van der Waals surface area contributed by atoms with Crippen molar-refractivity contribution < 1.29 is 22.3 Å². The number of sulfonamides is 1. The van der Waals surface area contributed by atoms with Gasteiger partial charge in [0.2, 0.25) is 10.0 Å². The van der Waals surface area contributed by atoms with Gasteiger partial charge in [0, 0.05) is 11.8 Å². The van der Waals surface area contributed by atoms with Crippen LogP contribution in [0.15, 0.2) is 36.5 Å². The number of carbonyl (C=O) groups excluding carboxylic acids is 1. The molecule has 0 aliphatic carbocycles. The number of halogens is 2. The number of likely N-dealkylation sites (tertiary alicyclic amines) is 1. The molecule has 0 spiro atoms. The molecule has 8 nitrogen and oxygen atoms in total. The molecule has 178 valence electrons. The Morgan fingerprint density at radius 1 is 1.24 bits per heavy atom. The summed E-state index contributed by atoms with van der Waals surface area (Å²) in [6.07, 6.45) is 2.36. The Morgan fingerprint density at radius 3 is 2.52 bits per heavy atom. The minimum absolute atomic E-state index is 0.0714. The molecule has 11 heteroatoms. The van der Waals surface area contributed by atoms with E-state index in [2.05, 4.69) is 9.88 Å². The lowest BCUT2D eigenvalue weighted by Gasteiger charge is -2.42. The second kappa shape index (κ2) is 10.0. The first-order valence-corrected chi connectivity index (χ1v) is 12.6. The molecular weight excluding hydrogens is 471 g/mol. The van der Waals surface area contributed by atoms with Gasteiger partial charge in [-0.15, -0.1) is 0 Å². The van der Waals surface area contributed by atoms with Crippen LogP contribution in [0, 0.1) is 5.82 Å². The molecule has 33 heavy (non-hydrogen) atoms. The summed E-state index contributed by atoms with van der Waals surface area (Å²) in [7, 11) is -3.81. The Balaban J connectivity index is 1.59. The van der Waals surface area contributed by atoms with Crippen molar-refractivity contribution in [3.8, 4) is 0 Å². The summed E-state index contributed by atoms with van der Waals surface area (Å²) in [6.45, 7) is 2.51. The Hall–Kier alpha value is -2.11. The van der Waals surface area contributed by atoms with E-state index in [1.54, 1.807) is 12.1 Å². The molecule has 1 aromatic heterocycles.